The summed E-state index contributed by atoms with van der Waals surface area (Å²) in [5.74, 6) is -0.900. The lowest BCUT2D eigenvalue weighted by atomic mass is 9.78. The first kappa shape index (κ1) is 20.9. The number of carbonyl (C=O) groups excluding carboxylic acids is 1. The van der Waals surface area contributed by atoms with Gasteiger partial charge in [0.2, 0.25) is 5.88 Å². The molecule has 2 heterocycles. The molecule has 1 saturated heterocycles. The van der Waals surface area contributed by atoms with Gasteiger partial charge in [-0.15, -0.1) is 0 Å². The van der Waals surface area contributed by atoms with Gasteiger partial charge in [0.05, 0.1) is 12.1 Å². The third-order valence-electron chi connectivity index (χ3n) is 6.36. The molecular formula is C24H25N3O4. The average molecular weight is 419 g/mol. The van der Waals surface area contributed by atoms with Crippen molar-refractivity contribution in [2.75, 3.05) is 6.54 Å². The number of amides is 1. The predicted molar refractivity (Wildman–Crippen MR) is 113 cm³/mol. The Balaban J connectivity index is 1.56. The topological polar surface area (TPSA) is 104 Å². The van der Waals surface area contributed by atoms with Gasteiger partial charge in [0.25, 0.3) is 5.91 Å². The molecule has 4 rings (SSSR count). The van der Waals surface area contributed by atoms with Gasteiger partial charge in [-0.2, -0.15) is 5.26 Å². The Labute approximate surface area is 181 Å². The number of hydrogen-bond donors (Lipinski definition) is 1. The number of hydrogen-bond acceptors (Lipinski definition) is 5. The van der Waals surface area contributed by atoms with Crippen LogP contribution in [-0.4, -0.2) is 45.6 Å². The van der Waals surface area contributed by atoms with E-state index in [4.69, 9.17) is 4.74 Å². The van der Waals surface area contributed by atoms with Crippen molar-refractivity contribution in [3.8, 4) is 11.9 Å². The fourth-order valence-corrected chi connectivity index (χ4v) is 4.36. The van der Waals surface area contributed by atoms with Crippen molar-refractivity contribution in [1.29, 1.82) is 5.26 Å². The van der Waals surface area contributed by atoms with Crippen LogP contribution >= 0.6 is 0 Å². The molecule has 1 aliphatic heterocycles. The lowest BCUT2D eigenvalue weighted by molar-refractivity contribution is 0.0361. The number of nitriles is 1. The molecule has 2 atom stereocenters. The van der Waals surface area contributed by atoms with Gasteiger partial charge in [-0.25, -0.2) is 9.78 Å². The second-order valence-corrected chi connectivity index (χ2v) is 8.29. The number of carboxylic acid groups (broad SMARTS) is 1. The van der Waals surface area contributed by atoms with E-state index in [1.807, 2.05) is 36.1 Å². The van der Waals surface area contributed by atoms with E-state index in [2.05, 4.69) is 11.1 Å². The maximum Gasteiger partial charge on any atom is 0.342 e. The molecule has 0 bridgehead atoms. The van der Waals surface area contributed by atoms with E-state index in [0.29, 0.717) is 18.9 Å². The molecule has 0 unspecified atom stereocenters. The summed E-state index contributed by atoms with van der Waals surface area (Å²) in [5, 5.41) is 18.7. The highest BCUT2D eigenvalue weighted by Gasteiger charge is 2.34. The van der Waals surface area contributed by atoms with Gasteiger partial charge in [-0.05, 0) is 56.2 Å². The fraction of sp³-hybridized carbons (Fsp3) is 0.417. The van der Waals surface area contributed by atoms with Crippen LogP contribution in [0.3, 0.4) is 0 Å². The number of pyridine rings is 1. The van der Waals surface area contributed by atoms with Crippen molar-refractivity contribution in [2.45, 2.75) is 57.1 Å². The molecule has 2 aliphatic rings. The molecule has 1 aromatic carbocycles. The second-order valence-electron chi connectivity index (χ2n) is 8.29. The zero-order chi connectivity index (χ0) is 22.0. The highest BCUT2D eigenvalue weighted by Crippen LogP contribution is 2.38. The molecule has 7 nitrogen and oxygen atoms in total. The van der Waals surface area contributed by atoms with Crippen LogP contribution in [0.2, 0.25) is 0 Å². The third-order valence-corrected chi connectivity index (χ3v) is 6.36. The fourth-order valence-electron chi connectivity index (χ4n) is 4.36. The van der Waals surface area contributed by atoms with Gasteiger partial charge in [-0.3, -0.25) is 4.79 Å². The van der Waals surface area contributed by atoms with Gasteiger partial charge in [0.1, 0.15) is 17.7 Å². The number of ether oxygens (including phenoxy) is 1. The molecule has 0 spiro atoms. The van der Waals surface area contributed by atoms with E-state index in [-0.39, 0.29) is 29.0 Å². The molecule has 2 aromatic rings. The number of aromatic carboxylic acids is 1. The highest BCUT2D eigenvalue weighted by molar-refractivity contribution is 5.96. The second kappa shape index (κ2) is 8.76. The molecule has 1 saturated carbocycles. The van der Waals surface area contributed by atoms with Crippen LogP contribution < -0.4 is 4.74 Å². The van der Waals surface area contributed by atoms with E-state index in [1.54, 1.807) is 0 Å². The van der Waals surface area contributed by atoms with E-state index in [9.17, 15) is 20.0 Å². The lowest BCUT2D eigenvalue weighted by Gasteiger charge is -2.39. The number of rotatable bonds is 5. The molecule has 7 heteroatoms. The van der Waals surface area contributed by atoms with E-state index in [1.165, 1.54) is 18.7 Å². The summed E-state index contributed by atoms with van der Waals surface area (Å²) in [4.78, 5) is 31.0. The maximum atomic E-state index is 13.5. The highest BCUT2D eigenvalue weighted by atomic mass is 16.5. The van der Waals surface area contributed by atoms with E-state index in [0.717, 1.165) is 30.4 Å². The molecule has 160 valence electrons. The van der Waals surface area contributed by atoms with Crippen LogP contribution in [0.4, 0.5) is 0 Å². The monoisotopic (exact) mass is 419 g/mol. The quantitative estimate of drug-likeness (QED) is 0.786. The molecule has 0 radical (unpaired) electrons. The number of carbonyl (C=O) groups is 2. The van der Waals surface area contributed by atoms with Crippen LogP contribution in [0.1, 0.15) is 76.8 Å². The lowest BCUT2D eigenvalue weighted by Crippen LogP contribution is -2.49. The molecular weight excluding hydrogens is 394 g/mol. The molecule has 1 N–H and O–H groups in total. The molecule has 2 fully saturated rings. The maximum absolute atomic E-state index is 13.5. The average Bonchev–Trinajstić information content (AvgIpc) is 2.73. The van der Waals surface area contributed by atoms with Crippen LogP contribution in [0, 0.1) is 11.3 Å². The summed E-state index contributed by atoms with van der Waals surface area (Å²) in [6.07, 6.45) is 5.81. The molecule has 1 aromatic heterocycles. The van der Waals surface area contributed by atoms with Gasteiger partial charge in [-0.1, -0.05) is 24.6 Å². The predicted octanol–water partition coefficient (Wildman–Crippen LogP) is 3.99. The number of benzene rings is 1. The van der Waals surface area contributed by atoms with Crippen LogP contribution in [0.5, 0.6) is 5.88 Å². The SMILES string of the molecule is C[C@@H]1CC[C@@H](Oc2nccc(C#N)c2C(=O)O)CN1C(=O)c1ccccc1C1CCC1. The zero-order valence-corrected chi connectivity index (χ0v) is 17.5. The standard InChI is InChI=1S/C24H25N3O4/c1-15-9-10-18(31-22-21(24(29)30)17(13-25)11-12-26-22)14-27(15)23(28)20-8-3-2-7-19(20)16-5-4-6-16/h2-3,7-8,11-12,15-16,18H,4-6,9-10,14H2,1H3,(H,29,30)/t15-,18-/m1/s1. The Kier molecular flexibility index (Phi) is 5.90. The minimum atomic E-state index is -1.26. The normalized spacial score (nSPS) is 21.1. The Hall–Kier alpha value is -3.40. The Morgan fingerprint density at radius 2 is 1.97 bits per heavy atom. The minimum absolute atomic E-state index is 0.00374. The van der Waals surface area contributed by atoms with Gasteiger partial charge >= 0.3 is 5.97 Å². The van der Waals surface area contributed by atoms with E-state index >= 15 is 0 Å². The van der Waals surface area contributed by atoms with Crippen molar-refractivity contribution >= 4 is 11.9 Å². The number of piperidine rings is 1. The third kappa shape index (κ3) is 4.11. The first-order chi connectivity index (χ1) is 15.0. The number of carboxylic acids is 1. The Bertz CT molecular complexity index is 1040. The first-order valence-electron chi connectivity index (χ1n) is 10.7. The van der Waals surface area contributed by atoms with Crippen molar-refractivity contribution in [3.63, 3.8) is 0 Å². The summed E-state index contributed by atoms with van der Waals surface area (Å²) < 4.78 is 5.93. The number of likely N-dealkylation sites (tertiary alicyclic amines) is 1. The summed E-state index contributed by atoms with van der Waals surface area (Å²) in [5.41, 5.74) is 1.63. The summed E-state index contributed by atoms with van der Waals surface area (Å²) in [6, 6.07) is 11.1. The van der Waals surface area contributed by atoms with Crippen molar-refractivity contribution in [1.82, 2.24) is 9.88 Å². The first-order valence-corrected chi connectivity index (χ1v) is 10.7. The van der Waals surface area contributed by atoms with Gasteiger partial charge in [0.15, 0.2) is 0 Å². The van der Waals surface area contributed by atoms with Crippen molar-refractivity contribution in [2.24, 2.45) is 0 Å². The number of nitrogens with zero attached hydrogens (tertiary/aromatic N) is 3. The largest absolute Gasteiger partial charge is 0.477 e. The van der Waals surface area contributed by atoms with Crippen LogP contribution in [0.25, 0.3) is 0 Å². The van der Waals surface area contributed by atoms with E-state index < -0.39 is 12.1 Å². The summed E-state index contributed by atoms with van der Waals surface area (Å²) in [7, 11) is 0. The molecule has 31 heavy (non-hydrogen) atoms. The van der Waals surface area contributed by atoms with Crippen molar-refractivity contribution < 1.29 is 19.4 Å². The number of aromatic nitrogens is 1. The Morgan fingerprint density at radius 3 is 2.65 bits per heavy atom. The van der Waals surface area contributed by atoms with Crippen molar-refractivity contribution in [3.05, 3.63) is 58.8 Å². The smallest absolute Gasteiger partial charge is 0.342 e. The minimum Gasteiger partial charge on any atom is -0.477 e. The summed E-state index contributed by atoms with van der Waals surface area (Å²) >= 11 is 0. The van der Waals surface area contributed by atoms with Gasteiger partial charge < -0.3 is 14.7 Å². The molecule has 1 aliphatic carbocycles. The summed E-state index contributed by atoms with van der Waals surface area (Å²) in [6.45, 7) is 2.37. The van der Waals surface area contributed by atoms with Gasteiger partial charge in [0, 0.05) is 17.8 Å². The Morgan fingerprint density at radius 1 is 1.19 bits per heavy atom. The molecule has 1 amide bonds. The van der Waals surface area contributed by atoms with Crippen LogP contribution in [0.15, 0.2) is 36.5 Å². The van der Waals surface area contributed by atoms with Crippen LogP contribution in [-0.2, 0) is 0 Å². The zero-order valence-electron chi connectivity index (χ0n) is 17.5.